The normalized spacial score (nSPS) is 18.5. The van der Waals surface area contributed by atoms with Gasteiger partial charge >= 0.3 is 0 Å². The van der Waals surface area contributed by atoms with E-state index in [1.54, 1.807) is 0 Å². The Kier molecular flexibility index (Phi) is 3.54. The molecule has 0 atom stereocenters. The fraction of sp³-hybridized carbons (Fsp3) is 0.462. The summed E-state index contributed by atoms with van der Waals surface area (Å²) in [6.45, 7) is 4.39. The van der Waals surface area contributed by atoms with Gasteiger partial charge in [0.1, 0.15) is 0 Å². The van der Waals surface area contributed by atoms with Gasteiger partial charge in [-0.15, -0.1) is 0 Å². The fourth-order valence-electron chi connectivity index (χ4n) is 2.17. The van der Waals surface area contributed by atoms with Crippen molar-refractivity contribution in [2.45, 2.75) is 0 Å². The smallest absolute Gasteiger partial charge is 0.265 e. The summed E-state index contributed by atoms with van der Waals surface area (Å²) in [5.41, 5.74) is 3.90. The second kappa shape index (κ2) is 4.96. The van der Waals surface area contributed by atoms with Gasteiger partial charge in [-0.05, 0) is 24.3 Å². The molecule has 1 aromatic rings. The highest BCUT2D eigenvalue weighted by molar-refractivity contribution is 5.94. The molecule has 0 saturated carbocycles. The Morgan fingerprint density at radius 3 is 2.28 bits per heavy atom. The van der Waals surface area contributed by atoms with E-state index < -0.39 is 0 Å². The van der Waals surface area contributed by atoms with E-state index in [0.29, 0.717) is 5.56 Å². The minimum absolute atomic E-state index is 0.252. The van der Waals surface area contributed by atoms with E-state index in [1.165, 1.54) is 5.69 Å². The molecule has 1 saturated heterocycles. The predicted molar refractivity (Wildman–Crippen MR) is 72.2 cm³/mol. The Labute approximate surface area is 108 Å². The van der Waals surface area contributed by atoms with Crippen molar-refractivity contribution in [2.24, 2.45) is 5.84 Å². The van der Waals surface area contributed by atoms with Crippen LogP contribution in [0.2, 0.25) is 0 Å². The number of hydrogen-bond acceptors (Lipinski definition) is 3. The average molecular weight is 249 g/mol. The number of nitrogens with zero attached hydrogens (tertiary/aromatic N) is 2. The van der Waals surface area contributed by atoms with Crippen molar-refractivity contribution in [3.05, 3.63) is 29.8 Å². The lowest BCUT2D eigenvalue weighted by Gasteiger charge is -2.40. The van der Waals surface area contributed by atoms with Gasteiger partial charge < -0.3 is 9.38 Å². The lowest BCUT2D eigenvalue weighted by molar-refractivity contribution is -0.890. The van der Waals surface area contributed by atoms with Crippen molar-refractivity contribution < 1.29 is 9.28 Å². The first kappa shape index (κ1) is 12.9. The van der Waals surface area contributed by atoms with E-state index >= 15 is 0 Å². The number of carbonyl (C=O) groups excluding carboxylic acids is 1. The van der Waals surface area contributed by atoms with Crippen LogP contribution in [0.3, 0.4) is 0 Å². The molecule has 0 spiro atoms. The van der Waals surface area contributed by atoms with Gasteiger partial charge in [0, 0.05) is 11.3 Å². The molecule has 0 aromatic heterocycles. The fourth-order valence-corrected chi connectivity index (χ4v) is 2.17. The van der Waals surface area contributed by atoms with Gasteiger partial charge in [0.2, 0.25) is 0 Å². The zero-order valence-electron chi connectivity index (χ0n) is 11.0. The number of quaternary nitrogens is 1. The molecule has 1 aliphatic heterocycles. The Balaban J connectivity index is 2.04. The highest BCUT2D eigenvalue weighted by Gasteiger charge is 2.24. The van der Waals surface area contributed by atoms with Gasteiger partial charge in [0.05, 0.1) is 40.3 Å². The summed E-state index contributed by atoms with van der Waals surface area (Å²) in [6, 6.07) is 7.59. The van der Waals surface area contributed by atoms with E-state index in [4.69, 9.17) is 5.84 Å². The molecule has 1 heterocycles. The molecular weight excluding hydrogens is 228 g/mol. The van der Waals surface area contributed by atoms with E-state index in [0.717, 1.165) is 30.7 Å². The Hall–Kier alpha value is -1.59. The summed E-state index contributed by atoms with van der Waals surface area (Å²) in [5, 5.41) is 0. The van der Waals surface area contributed by atoms with Crippen molar-refractivity contribution in [1.82, 2.24) is 5.43 Å². The van der Waals surface area contributed by atoms with E-state index in [9.17, 15) is 4.79 Å². The SMILES string of the molecule is C[N+]1(C)CCN(c2ccc(C(=O)NN)cc2)CC1. The number of nitrogen functional groups attached to an aromatic ring is 1. The molecule has 3 N–H and O–H groups in total. The number of rotatable bonds is 2. The molecule has 5 heteroatoms. The van der Waals surface area contributed by atoms with Crippen LogP contribution in [0.4, 0.5) is 5.69 Å². The van der Waals surface area contributed by atoms with Crippen molar-refractivity contribution in [2.75, 3.05) is 45.2 Å². The number of piperazine rings is 1. The molecule has 98 valence electrons. The third-order valence-corrected chi connectivity index (χ3v) is 3.58. The first-order valence-electron chi connectivity index (χ1n) is 6.20. The zero-order chi connectivity index (χ0) is 13.2. The minimum Gasteiger partial charge on any atom is -0.360 e. The van der Waals surface area contributed by atoms with Gasteiger partial charge in [-0.3, -0.25) is 10.2 Å². The molecule has 0 radical (unpaired) electrons. The molecule has 2 rings (SSSR count). The van der Waals surface area contributed by atoms with Crippen LogP contribution in [0.1, 0.15) is 10.4 Å². The number of likely N-dealkylation sites (N-methyl/N-ethyl adjacent to an activating group) is 1. The standard InChI is InChI=1S/C13H20N4O/c1-17(2)9-7-16(8-10-17)12-5-3-11(4-6-12)13(18)15-14/h3-6H,7-10,14H2,1-2H3/p+1. The Morgan fingerprint density at radius 1 is 1.22 bits per heavy atom. The molecule has 1 aliphatic rings. The minimum atomic E-state index is -0.252. The van der Waals surface area contributed by atoms with Crippen molar-refractivity contribution in [3.8, 4) is 0 Å². The van der Waals surface area contributed by atoms with Gasteiger partial charge in [-0.2, -0.15) is 0 Å². The number of benzene rings is 1. The van der Waals surface area contributed by atoms with Crippen LogP contribution in [0.15, 0.2) is 24.3 Å². The molecular formula is C13H21N4O+. The number of hydrogen-bond donors (Lipinski definition) is 2. The summed E-state index contributed by atoms with van der Waals surface area (Å²) >= 11 is 0. The summed E-state index contributed by atoms with van der Waals surface area (Å²) in [7, 11) is 4.51. The number of nitrogens with one attached hydrogen (secondary N) is 1. The molecule has 1 aromatic carbocycles. The maximum atomic E-state index is 11.3. The van der Waals surface area contributed by atoms with Gasteiger partial charge in [-0.1, -0.05) is 0 Å². The molecule has 0 unspecified atom stereocenters. The van der Waals surface area contributed by atoms with Gasteiger partial charge in [-0.25, -0.2) is 5.84 Å². The third kappa shape index (κ3) is 2.80. The van der Waals surface area contributed by atoms with Crippen molar-refractivity contribution in [1.29, 1.82) is 0 Å². The number of anilines is 1. The first-order chi connectivity index (χ1) is 8.52. The number of nitrogens with two attached hydrogens (primary N) is 1. The van der Waals surface area contributed by atoms with Crippen LogP contribution in [-0.4, -0.2) is 50.7 Å². The first-order valence-corrected chi connectivity index (χ1v) is 6.20. The van der Waals surface area contributed by atoms with Gasteiger partial charge in [0.15, 0.2) is 0 Å². The van der Waals surface area contributed by atoms with E-state index in [-0.39, 0.29) is 5.91 Å². The lowest BCUT2D eigenvalue weighted by Crippen LogP contribution is -2.54. The second-order valence-corrected chi connectivity index (χ2v) is 5.39. The largest absolute Gasteiger partial charge is 0.360 e. The van der Waals surface area contributed by atoms with Crippen molar-refractivity contribution in [3.63, 3.8) is 0 Å². The predicted octanol–water partition coefficient (Wildman–Crippen LogP) is 0.187. The van der Waals surface area contributed by atoms with Gasteiger partial charge in [0.25, 0.3) is 5.91 Å². The maximum Gasteiger partial charge on any atom is 0.265 e. The molecule has 0 bridgehead atoms. The van der Waals surface area contributed by atoms with E-state index in [2.05, 4.69) is 24.4 Å². The Bertz CT molecular complexity index is 417. The van der Waals surface area contributed by atoms with Crippen LogP contribution in [0, 0.1) is 0 Å². The summed E-state index contributed by atoms with van der Waals surface area (Å²) in [4.78, 5) is 13.7. The molecule has 1 fully saturated rings. The molecule has 5 nitrogen and oxygen atoms in total. The van der Waals surface area contributed by atoms with Crippen LogP contribution in [0.25, 0.3) is 0 Å². The topological polar surface area (TPSA) is 58.4 Å². The molecule has 0 aliphatic carbocycles. The monoisotopic (exact) mass is 249 g/mol. The third-order valence-electron chi connectivity index (χ3n) is 3.58. The number of amides is 1. The van der Waals surface area contributed by atoms with Crippen LogP contribution in [0.5, 0.6) is 0 Å². The maximum absolute atomic E-state index is 11.3. The number of hydrazine groups is 1. The molecule has 18 heavy (non-hydrogen) atoms. The Morgan fingerprint density at radius 2 is 1.78 bits per heavy atom. The van der Waals surface area contributed by atoms with Crippen molar-refractivity contribution >= 4 is 11.6 Å². The van der Waals surface area contributed by atoms with Crippen LogP contribution < -0.4 is 16.2 Å². The highest BCUT2D eigenvalue weighted by Crippen LogP contribution is 2.18. The second-order valence-electron chi connectivity index (χ2n) is 5.39. The number of carbonyl (C=O) groups is 1. The van der Waals surface area contributed by atoms with Crippen LogP contribution >= 0.6 is 0 Å². The molecule has 1 amide bonds. The summed E-state index contributed by atoms with van der Waals surface area (Å²) in [6.07, 6.45) is 0. The average Bonchev–Trinajstić information content (AvgIpc) is 2.38. The highest BCUT2D eigenvalue weighted by atomic mass is 16.2. The van der Waals surface area contributed by atoms with E-state index in [1.807, 2.05) is 24.3 Å². The quantitative estimate of drug-likeness (QED) is 0.340. The summed E-state index contributed by atoms with van der Waals surface area (Å²) in [5.74, 6) is 4.85. The zero-order valence-corrected chi connectivity index (χ0v) is 11.0. The summed E-state index contributed by atoms with van der Waals surface area (Å²) < 4.78 is 1.07. The van der Waals surface area contributed by atoms with Crippen LogP contribution in [-0.2, 0) is 0 Å². The lowest BCUT2D eigenvalue weighted by atomic mass is 10.1.